The van der Waals surface area contributed by atoms with Crippen LogP contribution in [-0.4, -0.2) is 52.3 Å². The van der Waals surface area contributed by atoms with Gasteiger partial charge in [-0.1, -0.05) is 35.9 Å². The second-order valence-electron chi connectivity index (χ2n) is 8.30. The molecule has 35 heavy (non-hydrogen) atoms. The highest BCUT2D eigenvalue weighted by molar-refractivity contribution is 7.93. The minimum absolute atomic E-state index is 0.00174. The van der Waals surface area contributed by atoms with Crippen LogP contribution in [0.2, 0.25) is 5.02 Å². The van der Waals surface area contributed by atoms with Crippen molar-refractivity contribution in [1.82, 2.24) is 24.1 Å². The van der Waals surface area contributed by atoms with Crippen molar-refractivity contribution >= 4 is 55.1 Å². The summed E-state index contributed by atoms with van der Waals surface area (Å²) in [5.41, 5.74) is 1.75. The first-order valence-corrected chi connectivity index (χ1v) is 13.6. The maximum Gasteiger partial charge on any atom is 0.263 e. The predicted octanol–water partition coefficient (Wildman–Crippen LogP) is 3.51. The van der Waals surface area contributed by atoms with Crippen LogP contribution in [0.5, 0.6) is 0 Å². The molecule has 1 aliphatic heterocycles. The number of amides is 1. The molecule has 2 atom stereocenters. The Labute approximate surface area is 212 Å². The molecule has 2 aromatic carbocycles. The van der Waals surface area contributed by atoms with E-state index in [-0.39, 0.29) is 34.6 Å². The van der Waals surface area contributed by atoms with Crippen LogP contribution < -0.4 is 10.0 Å². The fraction of sp³-hybridized carbons (Fsp3) is 0.261. The zero-order valence-electron chi connectivity index (χ0n) is 18.8. The number of aromatic nitrogens is 3. The van der Waals surface area contributed by atoms with Crippen molar-refractivity contribution in [3.05, 3.63) is 71.6 Å². The minimum Gasteiger partial charge on any atom is -0.337 e. The summed E-state index contributed by atoms with van der Waals surface area (Å²) in [7, 11) is -3.76. The molecule has 4 aromatic rings. The number of hydrogen-bond donors (Lipinski definition) is 2. The van der Waals surface area contributed by atoms with Gasteiger partial charge in [0.1, 0.15) is 12.9 Å². The molecule has 5 rings (SSSR count). The lowest BCUT2D eigenvalue weighted by molar-refractivity contribution is -0.135. The summed E-state index contributed by atoms with van der Waals surface area (Å²) in [4.78, 5) is 19.1. The molecule has 0 aliphatic carbocycles. The normalized spacial score (nSPS) is 18.6. The topological polar surface area (TPSA) is 109 Å². The lowest BCUT2D eigenvalue weighted by atomic mass is 9.97. The molecule has 1 fully saturated rings. The number of halogens is 1. The molecular weight excluding hydrogens is 508 g/mol. The molecule has 2 aromatic heterocycles. The number of nitrogens with one attached hydrogen (secondary N) is 2. The summed E-state index contributed by atoms with van der Waals surface area (Å²) in [5, 5.41) is 5.28. The summed E-state index contributed by atoms with van der Waals surface area (Å²) in [6.45, 7) is 3.41. The van der Waals surface area contributed by atoms with Crippen LogP contribution in [-0.2, 0) is 21.4 Å². The van der Waals surface area contributed by atoms with Crippen molar-refractivity contribution in [2.75, 3.05) is 17.8 Å². The highest BCUT2D eigenvalue weighted by Gasteiger charge is 2.32. The standard InChI is InChI=1S/C23H23ClN6O3S2/c1-15-21(16-5-7-18(8-6-16)35(32,33)28-23-26-14-27-34-23)25-10-12-30(15)20(31)13-29-11-9-17-3-2-4-19(24)22(17)29/h2-9,11,14-15,21,25H,10,12-13H2,1H3,(H,26,27,28)/t15-,21?/m1/s1. The molecule has 9 nitrogen and oxygen atoms in total. The lowest BCUT2D eigenvalue weighted by Gasteiger charge is -2.40. The average Bonchev–Trinajstić information content (AvgIpc) is 3.50. The Kier molecular flexibility index (Phi) is 6.49. The van der Waals surface area contributed by atoms with Crippen molar-refractivity contribution in [1.29, 1.82) is 0 Å². The molecule has 0 radical (unpaired) electrons. The molecule has 0 bridgehead atoms. The van der Waals surface area contributed by atoms with E-state index in [9.17, 15) is 13.2 Å². The van der Waals surface area contributed by atoms with Gasteiger partial charge in [-0.3, -0.25) is 9.52 Å². The molecule has 182 valence electrons. The first kappa shape index (κ1) is 23.7. The zero-order valence-corrected chi connectivity index (χ0v) is 21.1. The Hall–Kier alpha value is -2.99. The first-order valence-electron chi connectivity index (χ1n) is 11.0. The van der Waals surface area contributed by atoms with Crippen LogP contribution in [0.3, 0.4) is 0 Å². The minimum atomic E-state index is -3.76. The Morgan fingerprint density at radius 2 is 2.03 bits per heavy atom. The summed E-state index contributed by atoms with van der Waals surface area (Å²) < 4.78 is 33.3. The Balaban J connectivity index is 1.31. The van der Waals surface area contributed by atoms with Crippen LogP contribution in [0.1, 0.15) is 18.5 Å². The third-order valence-corrected chi connectivity index (χ3v) is 8.56. The number of fused-ring (bicyclic) bond motifs is 1. The summed E-state index contributed by atoms with van der Waals surface area (Å²) in [6, 6.07) is 14.0. The third kappa shape index (κ3) is 4.76. The van der Waals surface area contributed by atoms with E-state index < -0.39 is 10.0 Å². The number of benzene rings is 2. The van der Waals surface area contributed by atoms with Gasteiger partial charge < -0.3 is 14.8 Å². The van der Waals surface area contributed by atoms with Gasteiger partial charge >= 0.3 is 0 Å². The molecular formula is C23H23ClN6O3S2. The van der Waals surface area contributed by atoms with Gasteiger partial charge in [-0.15, -0.1) is 0 Å². The van der Waals surface area contributed by atoms with E-state index in [0.29, 0.717) is 18.1 Å². The fourth-order valence-electron chi connectivity index (χ4n) is 4.47. The number of sulfonamides is 1. The number of anilines is 1. The van der Waals surface area contributed by atoms with Crippen molar-refractivity contribution in [3.8, 4) is 0 Å². The van der Waals surface area contributed by atoms with E-state index in [1.54, 1.807) is 24.3 Å². The molecule has 12 heteroatoms. The number of hydrogen-bond acceptors (Lipinski definition) is 7. The third-order valence-electron chi connectivity index (χ3n) is 6.19. The summed E-state index contributed by atoms with van der Waals surface area (Å²) in [6.07, 6.45) is 3.18. The summed E-state index contributed by atoms with van der Waals surface area (Å²) in [5.74, 6) is 0.00174. The number of para-hydroxylation sites is 1. The van der Waals surface area contributed by atoms with E-state index in [1.165, 1.54) is 6.33 Å². The second-order valence-corrected chi connectivity index (χ2v) is 11.2. The van der Waals surface area contributed by atoms with Gasteiger partial charge in [0.15, 0.2) is 0 Å². The van der Waals surface area contributed by atoms with Crippen molar-refractivity contribution < 1.29 is 13.2 Å². The van der Waals surface area contributed by atoms with Gasteiger partial charge in [-0.2, -0.15) is 4.37 Å². The lowest BCUT2D eigenvalue weighted by Crippen LogP contribution is -2.54. The van der Waals surface area contributed by atoms with E-state index in [4.69, 9.17) is 11.6 Å². The van der Waals surface area contributed by atoms with Crippen molar-refractivity contribution in [3.63, 3.8) is 0 Å². The van der Waals surface area contributed by atoms with Gasteiger partial charge in [-0.25, -0.2) is 13.4 Å². The van der Waals surface area contributed by atoms with Crippen LogP contribution >= 0.6 is 23.1 Å². The van der Waals surface area contributed by atoms with Gasteiger partial charge in [-0.05, 0) is 36.8 Å². The van der Waals surface area contributed by atoms with E-state index in [0.717, 1.165) is 28.0 Å². The number of carbonyl (C=O) groups excluding carboxylic acids is 1. The van der Waals surface area contributed by atoms with Crippen LogP contribution in [0, 0.1) is 0 Å². The van der Waals surface area contributed by atoms with Gasteiger partial charge in [0.25, 0.3) is 10.0 Å². The largest absolute Gasteiger partial charge is 0.337 e. The van der Waals surface area contributed by atoms with Gasteiger partial charge in [0.2, 0.25) is 11.0 Å². The Morgan fingerprint density at radius 3 is 2.77 bits per heavy atom. The van der Waals surface area contributed by atoms with Crippen LogP contribution in [0.25, 0.3) is 10.9 Å². The van der Waals surface area contributed by atoms with Crippen LogP contribution in [0.4, 0.5) is 5.13 Å². The van der Waals surface area contributed by atoms with Crippen molar-refractivity contribution in [2.45, 2.75) is 30.4 Å². The quantitative estimate of drug-likeness (QED) is 0.395. The zero-order chi connectivity index (χ0) is 24.6. The monoisotopic (exact) mass is 530 g/mol. The van der Waals surface area contributed by atoms with Gasteiger partial charge in [0.05, 0.1) is 21.5 Å². The molecule has 1 aliphatic rings. The smallest absolute Gasteiger partial charge is 0.263 e. The number of rotatable bonds is 6. The Morgan fingerprint density at radius 1 is 1.23 bits per heavy atom. The fourth-order valence-corrected chi connectivity index (χ4v) is 6.42. The molecule has 0 spiro atoms. The average molecular weight is 531 g/mol. The second kappa shape index (κ2) is 9.57. The van der Waals surface area contributed by atoms with E-state index >= 15 is 0 Å². The van der Waals surface area contributed by atoms with E-state index in [1.807, 2.05) is 46.9 Å². The van der Waals surface area contributed by atoms with Crippen molar-refractivity contribution in [2.24, 2.45) is 0 Å². The molecule has 1 unspecified atom stereocenters. The number of piperazine rings is 1. The predicted molar refractivity (Wildman–Crippen MR) is 136 cm³/mol. The first-order chi connectivity index (χ1) is 16.8. The van der Waals surface area contributed by atoms with Crippen LogP contribution in [0.15, 0.2) is 66.0 Å². The highest BCUT2D eigenvalue weighted by Crippen LogP contribution is 2.28. The molecule has 1 saturated heterocycles. The molecule has 2 N–H and O–H groups in total. The SMILES string of the molecule is C[C@@H]1C(c2ccc(S(=O)(=O)Nc3ncns3)cc2)NCCN1C(=O)Cn1ccc2cccc(Cl)c21. The molecule has 1 amide bonds. The number of carbonyl (C=O) groups is 1. The van der Waals surface area contributed by atoms with E-state index in [2.05, 4.69) is 19.4 Å². The molecule has 3 heterocycles. The maximum atomic E-state index is 13.3. The highest BCUT2D eigenvalue weighted by atomic mass is 35.5. The molecule has 0 saturated carbocycles. The number of nitrogens with zero attached hydrogens (tertiary/aromatic N) is 4. The summed E-state index contributed by atoms with van der Waals surface area (Å²) >= 11 is 7.35. The maximum absolute atomic E-state index is 13.3. The van der Waals surface area contributed by atoms with Gasteiger partial charge in [0, 0.05) is 42.2 Å². The Bertz CT molecular complexity index is 1450.